The van der Waals surface area contributed by atoms with Crippen LogP contribution in [0.15, 0.2) is 0 Å². The molecular weight excluding hydrogens is 303 g/mol. The number of esters is 1. The topological polar surface area (TPSA) is 61.8 Å². The summed E-state index contributed by atoms with van der Waals surface area (Å²) in [6, 6.07) is 0. The first kappa shape index (κ1) is 21.6. The molecule has 0 atom stereocenters. The number of carbonyl (C=O) groups excluding carboxylic acids is 1. The Hall–Kier alpha value is -0.380. The highest BCUT2D eigenvalue weighted by molar-refractivity contribution is 7.53. The number of ether oxygens (including phenoxy) is 1. The van der Waals surface area contributed by atoms with E-state index in [4.69, 9.17) is 13.8 Å². The van der Waals surface area contributed by atoms with Gasteiger partial charge < -0.3 is 13.8 Å². The van der Waals surface area contributed by atoms with Gasteiger partial charge in [0.05, 0.1) is 24.8 Å². The van der Waals surface area contributed by atoms with E-state index in [2.05, 4.69) is 0 Å². The number of hydrogen-bond acceptors (Lipinski definition) is 5. The van der Waals surface area contributed by atoms with Crippen LogP contribution in [0.5, 0.6) is 0 Å². The van der Waals surface area contributed by atoms with Gasteiger partial charge in [-0.15, -0.1) is 0 Å². The maximum atomic E-state index is 12.6. The highest BCUT2D eigenvalue weighted by Crippen LogP contribution is 2.48. The molecule has 0 rings (SSSR count). The largest absolute Gasteiger partial charge is 0.465 e. The number of unbranched alkanes of at least 4 members (excludes halogenated alkanes) is 2. The van der Waals surface area contributed by atoms with Crippen LogP contribution in [0.1, 0.15) is 66.7 Å². The van der Waals surface area contributed by atoms with E-state index in [9.17, 15) is 9.36 Å². The Bertz CT molecular complexity index is 340. The number of hydrogen-bond donors (Lipinski definition) is 0. The molecule has 6 heteroatoms. The summed E-state index contributed by atoms with van der Waals surface area (Å²) in [5, 5.41) is 0. The monoisotopic (exact) mass is 336 g/mol. The lowest BCUT2D eigenvalue weighted by atomic mass is 9.91. The average Bonchev–Trinajstić information content (AvgIpc) is 2.47. The van der Waals surface area contributed by atoms with Gasteiger partial charge >= 0.3 is 13.6 Å². The van der Waals surface area contributed by atoms with Gasteiger partial charge in [-0.05, 0) is 33.1 Å². The summed E-state index contributed by atoms with van der Waals surface area (Å²) in [6.07, 6.45) is 4.42. The molecule has 0 aliphatic heterocycles. The van der Waals surface area contributed by atoms with E-state index in [1.807, 2.05) is 34.6 Å². The van der Waals surface area contributed by atoms with Crippen molar-refractivity contribution in [2.45, 2.75) is 66.7 Å². The highest BCUT2D eigenvalue weighted by atomic mass is 31.2. The minimum atomic E-state index is -3.17. The molecule has 0 radical (unpaired) electrons. The van der Waals surface area contributed by atoms with Crippen molar-refractivity contribution in [2.24, 2.45) is 5.41 Å². The van der Waals surface area contributed by atoms with Crippen LogP contribution in [0, 0.1) is 5.41 Å². The van der Waals surface area contributed by atoms with Gasteiger partial charge in [0.1, 0.15) is 6.61 Å². The lowest BCUT2D eigenvalue weighted by Crippen LogP contribution is -2.26. The molecule has 0 saturated heterocycles. The SMILES string of the molecule is CCCCOP(=O)(CCOC(=O)C(C)(C)CC)OCCCC. The van der Waals surface area contributed by atoms with E-state index in [1.165, 1.54) is 0 Å². The Balaban J connectivity index is 4.38. The van der Waals surface area contributed by atoms with Crippen LogP contribution in [0.25, 0.3) is 0 Å². The zero-order valence-electron chi connectivity index (χ0n) is 14.9. The molecule has 0 aliphatic rings. The molecule has 5 nitrogen and oxygen atoms in total. The standard InChI is InChI=1S/C16H33O5P/c1-6-9-11-20-22(18,21-12-10-7-2)14-13-19-15(17)16(4,5)8-3/h6-14H2,1-5H3. The molecule has 0 unspecified atom stereocenters. The zero-order valence-corrected chi connectivity index (χ0v) is 15.7. The van der Waals surface area contributed by atoms with E-state index in [0.717, 1.165) is 25.7 Å². The molecule has 0 aromatic heterocycles. The van der Waals surface area contributed by atoms with Crippen LogP contribution in [-0.2, 0) is 23.1 Å². The van der Waals surface area contributed by atoms with Crippen molar-refractivity contribution < 1.29 is 23.1 Å². The molecule has 0 heterocycles. The first-order valence-electron chi connectivity index (χ1n) is 8.36. The smallest absolute Gasteiger partial charge is 0.334 e. The second kappa shape index (κ2) is 11.2. The van der Waals surface area contributed by atoms with Crippen molar-refractivity contribution in [3.05, 3.63) is 0 Å². The molecular formula is C16H33O5P. The molecule has 0 saturated carbocycles. The fourth-order valence-corrected chi connectivity index (χ4v) is 2.91. The summed E-state index contributed by atoms with van der Waals surface area (Å²) in [4.78, 5) is 11.9. The lowest BCUT2D eigenvalue weighted by molar-refractivity contribution is -0.153. The maximum Gasteiger partial charge on any atom is 0.334 e. The van der Waals surface area contributed by atoms with Crippen LogP contribution >= 0.6 is 7.60 Å². The van der Waals surface area contributed by atoms with Crippen molar-refractivity contribution in [3.8, 4) is 0 Å². The first-order valence-corrected chi connectivity index (χ1v) is 10.1. The first-order chi connectivity index (χ1) is 10.3. The third-order valence-corrected chi connectivity index (χ3v) is 5.49. The average molecular weight is 336 g/mol. The normalized spacial score (nSPS) is 12.4. The predicted molar refractivity (Wildman–Crippen MR) is 89.2 cm³/mol. The van der Waals surface area contributed by atoms with Gasteiger partial charge in [0.25, 0.3) is 0 Å². The van der Waals surface area contributed by atoms with Crippen molar-refractivity contribution in [1.82, 2.24) is 0 Å². The van der Waals surface area contributed by atoms with Crippen LogP contribution in [0.4, 0.5) is 0 Å². The fourth-order valence-electron chi connectivity index (χ4n) is 1.45. The van der Waals surface area contributed by atoms with Gasteiger partial charge in [0.15, 0.2) is 0 Å². The predicted octanol–water partition coefficient (Wildman–Crippen LogP) is 4.79. The van der Waals surface area contributed by atoms with E-state index in [-0.39, 0.29) is 18.7 Å². The molecule has 132 valence electrons. The molecule has 0 spiro atoms. The summed E-state index contributed by atoms with van der Waals surface area (Å²) in [5.74, 6) is -0.274. The van der Waals surface area contributed by atoms with E-state index >= 15 is 0 Å². The second-order valence-electron chi connectivity index (χ2n) is 6.08. The third kappa shape index (κ3) is 8.92. The second-order valence-corrected chi connectivity index (χ2v) is 8.27. The number of rotatable bonds is 13. The molecule has 22 heavy (non-hydrogen) atoms. The van der Waals surface area contributed by atoms with Crippen LogP contribution in [0.2, 0.25) is 0 Å². The van der Waals surface area contributed by atoms with Gasteiger partial charge in [0, 0.05) is 0 Å². The Kier molecular flexibility index (Phi) is 11.0. The van der Waals surface area contributed by atoms with Gasteiger partial charge in [0.2, 0.25) is 0 Å². The summed E-state index contributed by atoms with van der Waals surface area (Å²) >= 11 is 0. The molecule has 0 N–H and O–H groups in total. The molecule has 0 fully saturated rings. The zero-order chi connectivity index (χ0) is 17.1. The molecule has 0 aromatic carbocycles. The quantitative estimate of drug-likeness (QED) is 0.275. The van der Waals surface area contributed by atoms with Crippen molar-refractivity contribution in [2.75, 3.05) is 26.0 Å². The maximum absolute atomic E-state index is 12.6. The lowest BCUT2D eigenvalue weighted by Gasteiger charge is -2.22. The van der Waals surface area contributed by atoms with Crippen molar-refractivity contribution >= 4 is 13.6 Å². The Labute approximate surface area is 135 Å². The van der Waals surface area contributed by atoms with Gasteiger partial charge in [-0.25, -0.2) is 0 Å². The fraction of sp³-hybridized carbons (Fsp3) is 0.938. The van der Waals surface area contributed by atoms with Crippen molar-refractivity contribution in [3.63, 3.8) is 0 Å². The molecule has 0 amide bonds. The molecule has 0 bridgehead atoms. The van der Waals surface area contributed by atoms with E-state index in [0.29, 0.717) is 19.6 Å². The van der Waals surface area contributed by atoms with E-state index in [1.54, 1.807) is 0 Å². The summed E-state index contributed by atoms with van der Waals surface area (Å²) in [5.41, 5.74) is -0.518. The van der Waals surface area contributed by atoms with Crippen LogP contribution < -0.4 is 0 Å². The summed E-state index contributed by atoms with van der Waals surface area (Å²) < 4.78 is 28.8. The third-order valence-electron chi connectivity index (χ3n) is 3.61. The Morgan fingerprint density at radius 3 is 1.86 bits per heavy atom. The van der Waals surface area contributed by atoms with Crippen LogP contribution in [0.3, 0.4) is 0 Å². The van der Waals surface area contributed by atoms with E-state index < -0.39 is 13.0 Å². The van der Waals surface area contributed by atoms with Crippen LogP contribution in [-0.4, -0.2) is 32.0 Å². The van der Waals surface area contributed by atoms with Gasteiger partial charge in [-0.2, -0.15) is 0 Å². The minimum Gasteiger partial charge on any atom is -0.465 e. The highest BCUT2D eigenvalue weighted by Gasteiger charge is 2.29. The minimum absolute atomic E-state index is 0.0673. The summed E-state index contributed by atoms with van der Waals surface area (Å²) in [6.45, 7) is 10.6. The Morgan fingerprint density at radius 2 is 1.45 bits per heavy atom. The Morgan fingerprint density at radius 1 is 0.955 bits per heavy atom. The molecule has 0 aromatic rings. The van der Waals surface area contributed by atoms with Gasteiger partial charge in [-0.1, -0.05) is 33.6 Å². The molecule has 0 aliphatic carbocycles. The number of carbonyl (C=O) groups is 1. The van der Waals surface area contributed by atoms with Crippen molar-refractivity contribution in [1.29, 1.82) is 0 Å². The summed E-state index contributed by atoms with van der Waals surface area (Å²) in [7, 11) is -3.17. The van der Waals surface area contributed by atoms with Gasteiger partial charge in [-0.3, -0.25) is 9.36 Å².